The molecular weight excluding hydrogens is 265 g/mol. The van der Waals surface area contributed by atoms with Gasteiger partial charge in [0, 0.05) is 24.8 Å². The van der Waals surface area contributed by atoms with E-state index in [1.807, 2.05) is 0 Å². The van der Waals surface area contributed by atoms with Crippen molar-refractivity contribution in [2.75, 3.05) is 13.1 Å². The third-order valence-electron chi connectivity index (χ3n) is 5.18. The van der Waals surface area contributed by atoms with Gasteiger partial charge >= 0.3 is 0 Å². The second-order valence-corrected chi connectivity index (χ2v) is 6.31. The summed E-state index contributed by atoms with van der Waals surface area (Å²) >= 11 is 0. The average molecular weight is 293 g/mol. The predicted octanol–water partition coefficient (Wildman–Crippen LogP) is 3.34. The van der Waals surface area contributed by atoms with E-state index < -0.39 is 0 Å². The molecule has 2 N–H and O–H groups in total. The summed E-state index contributed by atoms with van der Waals surface area (Å²) in [6, 6.07) is 1.58. The van der Waals surface area contributed by atoms with E-state index in [0.717, 1.165) is 37.4 Å². The normalized spacial score (nSPS) is 26.2. The fourth-order valence-corrected chi connectivity index (χ4v) is 3.65. The molecule has 118 valence electrons. The van der Waals surface area contributed by atoms with Crippen LogP contribution in [0.4, 0.5) is 4.39 Å². The van der Waals surface area contributed by atoms with Gasteiger partial charge in [0.05, 0.1) is 6.20 Å². The first-order valence-electron chi connectivity index (χ1n) is 8.18. The maximum absolute atomic E-state index is 13.3. The zero-order valence-corrected chi connectivity index (χ0v) is 13.3. The topological polar surface area (TPSA) is 42.1 Å². The lowest BCUT2D eigenvalue weighted by Crippen LogP contribution is -2.55. The molecule has 21 heavy (non-hydrogen) atoms. The monoisotopic (exact) mass is 293 g/mol. The highest BCUT2D eigenvalue weighted by molar-refractivity contribution is 5.11. The number of aromatic nitrogens is 1. The molecule has 1 fully saturated rings. The van der Waals surface area contributed by atoms with Crippen LogP contribution < -0.4 is 5.73 Å². The van der Waals surface area contributed by atoms with Crippen LogP contribution in [-0.2, 0) is 6.54 Å². The van der Waals surface area contributed by atoms with Gasteiger partial charge in [-0.15, -0.1) is 0 Å². The predicted molar refractivity (Wildman–Crippen MR) is 84.3 cm³/mol. The fraction of sp³-hybridized carbons (Fsp3) is 0.706. The van der Waals surface area contributed by atoms with Gasteiger partial charge in [0.25, 0.3) is 0 Å². The maximum atomic E-state index is 13.3. The van der Waals surface area contributed by atoms with Crippen molar-refractivity contribution in [2.24, 2.45) is 11.7 Å². The van der Waals surface area contributed by atoms with Gasteiger partial charge < -0.3 is 5.73 Å². The van der Waals surface area contributed by atoms with Crippen molar-refractivity contribution in [1.29, 1.82) is 0 Å². The van der Waals surface area contributed by atoms with Crippen molar-refractivity contribution >= 4 is 0 Å². The molecule has 1 aromatic heterocycles. The molecule has 0 atom stereocenters. The number of likely N-dealkylation sites (N-methyl/N-ethyl adjacent to an activating group) is 1. The van der Waals surface area contributed by atoms with Crippen LogP contribution in [-0.4, -0.2) is 28.5 Å². The molecule has 0 aromatic carbocycles. The Morgan fingerprint density at radius 1 is 1.33 bits per heavy atom. The van der Waals surface area contributed by atoms with Crippen LogP contribution in [0.25, 0.3) is 0 Å². The van der Waals surface area contributed by atoms with E-state index in [2.05, 4.69) is 23.7 Å². The van der Waals surface area contributed by atoms with E-state index >= 15 is 0 Å². The van der Waals surface area contributed by atoms with E-state index in [4.69, 9.17) is 5.73 Å². The molecule has 1 saturated carbocycles. The van der Waals surface area contributed by atoms with Gasteiger partial charge in [-0.2, -0.15) is 0 Å². The molecule has 1 aliphatic rings. The van der Waals surface area contributed by atoms with Crippen molar-refractivity contribution in [3.63, 3.8) is 0 Å². The molecule has 0 aliphatic heterocycles. The molecular formula is C17H28FN3. The summed E-state index contributed by atoms with van der Waals surface area (Å²) in [7, 11) is 0. The molecule has 2 rings (SSSR count). The number of nitrogens with zero attached hydrogens (tertiary/aromatic N) is 2. The minimum absolute atomic E-state index is 0.0761. The molecule has 1 heterocycles. The van der Waals surface area contributed by atoms with Crippen LogP contribution in [0.15, 0.2) is 18.5 Å². The smallest absolute Gasteiger partial charge is 0.141 e. The second-order valence-electron chi connectivity index (χ2n) is 6.31. The van der Waals surface area contributed by atoms with Crippen molar-refractivity contribution in [1.82, 2.24) is 9.88 Å². The Balaban J connectivity index is 2.11. The summed E-state index contributed by atoms with van der Waals surface area (Å²) in [5.74, 6) is 0.583. The number of hydrogen-bond donors (Lipinski definition) is 1. The maximum Gasteiger partial charge on any atom is 0.141 e. The lowest BCUT2D eigenvalue weighted by atomic mass is 9.74. The van der Waals surface area contributed by atoms with Gasteiger partial charge in [-0.1, -0.05) is 20.3 Å². The Labute approximate surface area is 127 Å². The minimum atomic E-state index is -0.264. The first kappa shape index (κ1) is 16.4. The minimum Gasteiger partial charge on any atom is -0.329 e. The third kappa shape index (κ3) is 3.80. The lowest BCUT2D eigenvalue weighted by Gasteiger charge is -2.47. The largest absolute Gasteiger partial charge is 0.329 e. The molecule has 0 spiro atoms. The third-order valence-corrected chi connectivity index (χ3v) is 5.18. The number of pyridine rings is 1. The Bertz CT molecular complexity index is 441. The molecule has 0 saturated heterocycles. The van der Waals surface area contributed by atoms with Crippen LogP contribution in [0.1, 0.15) is 51.5 Å². The Morgan fingerprint density at radius 2 is 2.05 bits per heavy atom. The van der Waals surface area contributed by atoms with E-state index in [1.54, 1.807) is 12.3 Å². The molecule has 0 radical (unpaired) electrons. The molecule has 1 aromatic rings. The van der Waals surface area contributed by atoms with E-state index in [9.17, 15) is 4.39 Å². The molecule has 4 heteroatoms. The second kappa shape index (κ2) is 7.32. The molecule has 0 unspecified atom stereocenters. The highest BCUT2D eigenvalue weighted by Crippen LogP contribution is 2.37. The molecule has 0 amide bonds. The van der Waals surface area contributed by atoms with Crippen LogP contribution in [0.5, 0.6) is 0 Å². The summed E-state index contributed by atoms with van der Waals surface area (Å²) in [4.78, 5) is 6.38. The standard InChI is InChI=1S/C17H28FN3/c1-3-14-5-7-17(13-19,8-6-14)21(4-2)12-15-9-16(18)11-20-10-15/h9-11,14H,3-8,12-13,19H2,1-2H3. The Morgan fingerprint density at radius 3 is 2.57 bits per heavy atom. The highest BCUT2D eigenvalue weighted by Gasteiger charge is 2.38. The average Bonchev–Trinajstić information content (AvgIpc) is 2.53. The van der Waals surface area contributed by atoms with E-state index in [1.165, 1.54) is 25.5 Å². The lowest BCUT2D eigenvalue weighted by molar-refractivity contribution is 0.0391. The molecule has 1 aliphatic carbocycles. The zero-order chi connectivity index (χ0) is 15.3. The Hall–Kier alpha value is -1.00. The van der Waals surface area contributed by atoms with Crippen LogP contribution in [0.3, 0.4) is 0 Å². The first-order chi connectivity index (χ1) is 10.1. The summed E-state index contributed by atoms with van der Waals surface area (Å²) in [6.45, 7) is 6.78. The van der Waals surface area contributed by atoms with Crippen LogP contribution in [0, 0.1) is 11.7 Å². The summed E-state index contributed by atoms with van der Waals surface area (Å²) in [6.07, 6.45) is 9.09. The summed E-state index contributed by atoms with van der Waals surface area (Å²) < 4.78 is 13.3. The summed E-state index contributed by atoms with van der Waals surface area (Å²) in [5.41, 5.74) is 7.16. The van der Waals surface area contributed by atoms with Crippen molar-refractivity contribution in [3.05, 3.63) is 29.8 Å². The molecule has 0 bridgehead atoms. The SMILES string of the molecule is CCC1CCC(CN)(N(CC)Cc2cncc(F)c2)CC1. The van der Waals surface area contributed by atoms with Crippen LogP contribution in [0.2, 0.25) is 0 Å². The van der Waals surface area contributed by atoms with Crippen LogP contribution >= 0.6 is 0 Å². The highest BCUT2D eigenvalue weighted by atomic mass is 19.1. The number of nitrogens with two attached hydrogens (primary N) is 1. The van der Waals surface area contributed by atoms with Crippen molar-refractivity contribution in [3.8, 4) is 0 Å². The molecule has 3 nitrogen and oxygen atoms in total. The van der Waals surface area contributed by atoms with Gasteiger partial charge in [-0.05, 0) is 49.8 Å². The van der Waals surface area contributed by atoms with Crippen molar-refractivity contribution < 1.29 is 4.39 Å². The fourth-order valence-electron chi connectivity index (χ4n) is 3.65. The van der Waals surface area contributed by atoms with E-state index in [0.29, 0.717) is 6.54 Å². The zero-order valence-electron chi connectivity index (χ0n) is 13.3. The quantitative estimate of drug-likeness (QED) is 0.874. The number of hydrogen-bond acceptors (Lipinski definition) is 3. The van der Waals surface area contributed by atoms with Gasteiger partial charge in [0.1, 0.15) is 5.82 Å². The van der Waals surface area contributed by atoms with E-state index in [-0.39, 0.29) is 11.4 Å². The van der Waals surface area contributed by atoms with Crippen molar-refractivity contribution in [2.45, 2.75) is 58.0 Å². The van der Waals surface area contributed by atoms with Gasteiger partial charge in [-0.25, -0.2) is 4.39 Å². The van der Waals surface area contributed by atoms with Gasteiger partial charge in [0.2, 0.25) is 0 Å². The first-order valence-corrected chi connectivity index (χ1v) is 8.18. The Kier molecular flexibility index (Phi) is 5.71. The van der Waals surface area contributed by atoms with Gasteiger partial charge in [-0.3, -0.25) is 9.88 Å². The number of halogens is 1. The number of rotatable bonds is 6. The summed E-state index contributed by atoms with van der Waals surface area (Å²) in [5, 5.41) is 0. The van der Waals surface area contributed by atoms with Gasteiger partial charge in [0.15, 0.2) is 0 Å².